The molecular weight excluding hydrogens is 354 g/mol. The molecule has 0 spiro atoms. The summed E-state index contributed by atoms with van der Waals surface area (Å²) in [6.45, 7) is 2.74. The zero-order chi connectivity index (χ0) is 19.8. The molecule has 0 radical (unpaired) electrons. The Kier molecular flexibility index (Phi) is 7.03. The number of likely N-dealkylation sites (tertiary alicyclic amines) is 1. The van der Waals surface area contributed by atoms with Gasteiger partial charge in [0.05, 0.1) is 13.7 Å². The Balaban J connectivity index is 1.37. The highest BCUT2D eigenvalue weighted by Gasteiger charge is 2.21. The smallest absolute Gasteiger partial charge is 0.251 e. The third-order valence-electron chi connectivity index (χ3n) is 4.94. The fourth-order valence-electron chi connectivity index (χ4n) is 3.40. The second kappa shape index (κ2) is 9.90. The van der Waals surface area contributed by atoms with Crippen LogP contribution in [0.15, 0.2) is 54.6 Å². The van der Waals surface area contributed by atoms with E-state index < -0.39 is 0 Å². The van der Waals surface area contributed by atoms with Crippen LogP contribution in [-0.4, -0.2) is 49.5 Å². The monoisotopic (exact) mass is 381 g/mol. The molecule has 2 amide bonds. The highest BCUT2D eigenvalue weighted by atomic mass is 16.5. The average Bonchev–Trinajstić information content (AvgIpc) is 2.74. The Bertz CT molecular complexity index is 787. The highest BCUT2D eigenvalue weighted by Crippen LogP contribution is 2.17. The normalized spacial score (nSPS) is 15.0. The van der Waals surface area contributed by atoms with Gasteiger partial charge in [0.25, 0.3) is 5.91 Å². The number of benzene rings is 2. The summed E-state index contributed by atoms with van der Waals surface area (Å²) in [5, 5.41) is 5.70. The molecule has 1 aliphatic rings. The molecule has 6 heteroatoms. The summed E-state index contributed by atoms with van der Waals surface area (Å²) in [7, 11) is 1.68. The van der Waals surface area contributed by atoms with Crippen molar-refractivity contribution in [1.82, 2.24) is 15.5 Å². The first-order valence-corrected chi connectivity index (χ1v) is 9.62. The van der Waals surface area contributed by atoms with Crippen molar-refractivity contribution in [2.24, 2.45) is 0 Å². The molecule has 0 bridgehead atoms. The van der Waals surface area contributed by atoms with Gasteiger partial charge in [-0.05, 0) is 42.7 Å². The number of rotatable bonds is 7. The first kappa shape index (κ1) is 19.9. The van der Waals surface area contributed by atoms with Crippen LogP contribution in [0, 0.1) is 0 Å². The molecule has 3 rings (SSSR count). The molecule has 2 N–H and O–H groups in total. The molecule has 2 aromatic rings. The third kappa shape index (κ3) is 5.82. The largest absolute Gasteiger partial charge is 0.497 e. The van der Waals surface area contributed by atoms with Gasteiger partial charge in [0.15, 0.2) is 0 Å². The van der Waals surface area contributed by atoms with Crippen molar-refractivity contribution in [2.75, 3.05) is 26.7 Å². The van der Waals surface area contributed by atoms with Crippen LogP contribution >= 0.6 is 0 Å². The van der Waals surface area contributed by atoms with Crippen molar-refractivity contribution in [2.45, 2.75) is 25.4 Å². The highest BCUT2D eigenvalue weighted by molar-refractivity contribution is 5.96. The molecule has 6 nitrogen and oxygen atoms in total. The van der Waals surface area contributed by atoms with E-state index in [0.29, 0.717) is 5.56 Å². The predicted molar refractivity (Wildman–Crippen MR) is 108 cm³/mol. The average molecular weight is 381 g/mol. The molecule has 1 saturated heterocycles. The van der Waals surface area contributed by atoms with Gasteiger partial charge < -0.3 is 15.4 Å². The predicted octanol–water partition coefficient (Wildman–Crippen LogP) is 2.21. The van der Waals surface area contributed by atoms with Gasteiger partial charge in [0, 0.05) is 31.2 Å². The van der Waals surface area contributed by atoms with Crippen molar-refractivity contribution < 1.29 is 14.3 Å². The van der Waals surface area contributed by atoms with Crippen molar-refractivity contribution >= 4 is 11.8 Å². The van der Waals surface area contributed by atoms with Crippen molar-refractivity contribution in [3.63, 3.8) is 0 Å². The SMILES string of the molecule is COc1cccc(CN2CCC(NC(=O)CNC(=O)c3ccccc3)CC2)c1. The van der Waals surface area contributed by atoms with Crippen molar-refractivity contribution in [1.29, 1.82) is 0 Å². The zero-order valence-corrected chi connectivity index (χ0v) is 16.2. The van der Waals surface area contributed by atoms with Gasteiger partial charge >= 0.3 is 0 Å². The van der Waals surface area contributed by atoms with Gasteiger partial charge in [-0.1, -0.05) is 30.3 Å². The lowest BCUT2D eigenvalue weighted by molar-refractivity contribution is -0.121. The number of carbonyl (C=O) groups excluding carboxylic acids is 2. The number of ether oxygens (including phenoxy) is 1. The first-order valence-electron chi connectivity index (χ1n) is 9.62. The number of amides is 2. The number of carbonyl (C=O) groups is 2. The van der Waals surface area contributed by atoms with Gasteiger partial charge in [-0.15, -0.1) is 0 Å². The molecule has 2 aromatic carbocycles. The summed E-state index contributed by atoms with van der Waals surface area (Å²) in [6.07, 6.45) is 1.81. The number of piperidine rings is 1. The second-order valence-electron chi connectivity index (χ2n) is 7.02. The van der Waals surface area contributed by atoms with Crippen molar-refractivity contribution in [3.8, 4) is 5.75 Å². The molecule has 1 heterocycles. The van der Waals surface area contributed by atoms with Crippen LogP contribution in [-0.2, 0) is 11.3 Å². The fraction of sp³-hybridized carbons (Fsp3) is 0.364. The third-order valence-corrected chi connectivity index (χ3v) is 4.94. The van der Waals surface area contributed by atoms with Gasteiger partial charge in [0.1, 0.15) is 5.75 Å². The second-order valence-corrected chi connectivity index (χ2v) is 7.02. The Morgan fingerprint density at radius 3 is 2.54 bits per heavy atom. The molecule has 148 valence electrons. The van der Waals surface area contributed by atoms with Crippen LogP contribution in [0.1, 0.15) is 28.8 Å². The van der Waals surface area contributed by atoms with E-state index in [9.17, 15) is 9.59 Å². The fourth-order valence-corrected chi connectivity index (χ4v) is 3.40. The maximum absolute atomic E-state index is 12.1. The number of nitrogens with one attached hydrogen (secondary N) is 2. The lowest BCUT2D eigenvalue weighted by atomic mass is 10.0. The lowest BCUT2D eigenvalue weighted by Gasteiger charge is -2.32. The molecule has 28 heavy (non-hydrogen) atoms. The number of methoxy groups -OCH3 is 1. The minimum absolute atomic E-state index is 0.00223. The molecule has 0 aromatic heterocycles. The van der Waals surface area contributed by atoms with Crippen molar-refractivity contribution in [3.05, 3.63) is 65.7 Å². The van der Waals surface area contributed by atoms with Crippen LogP contribution in [0.2, 0.25) is 0 Å². The van der Waals surface area contributed by atoms with Crippen LogP contribution in [0.5, 0.6) is 5.75 Å². The molecule has 0 saturated carbocycles. The van der Waals surface area contributed by atoms with Crippen LogP contribution in [0.3, 0.4) is 0 Å². The lowest BCUT2D eigenvalue weighted by Crippen LogP contribution is -2.47. The molecular formula is C22H27N3O3. The Morgan fingerprint density at radius 2 is 1.82 bits per heavy atom. The summed E-state index contributed by atoms with van der Waals surface area (Å²) in [5.74, 6) is 0.497. The summed E-state index contributed by atoms with van der Waals surface area (Å²) >= 11 is 0. The van der Waals surface area contributed by atoms with E-state index in [1.807, 2.05) is 18.2 Å². The van der Waals surface area contributed by atoms with Gasteiger partial charge in [-0.2, -0.15) is 0 Å². The Hall–Kier alpha value is -2.86. The van der Waals surface area contributed by atoms with Gasteiger partial charge in [-0.25, -0.2) is 0 Å². The van der Waals surface area contributed by atoms with E-state index >= 15 is 0 Å². The van der Waals surface area contributed by atoms with Crippen LogP contribution < -0.4 is 15.4 Å². The maximum Gasteiger partial charge on any atom is 0.251 e. The van der Waals surface area contributed by atoms with E-state index in [2.05, 4.69) is 27.7 Å². The molecule has 0 atom stereocenters. The Morgan fingerprint density at radius 1 is 1.07 bits per heavy atom. The van der Waals surface area contributed by atoms with Crippen LogP contribution in [0.4, 0.5) is 0 Å². The quantitative estimate of drug-likeness (QED) is 0.771. The summed E-state index contributed by atoms with van der Waals surface area (Å²) in [6, 6.07) is 17.2. The van der Waals surface area contributed by atoms with E-state index in [4.69, 9.17) is 4.74 Å². The number of hydrogen-bond donors (Lipinski definition) is 2. The molecule has 1 fully saturated rings. The number of nitrogens with zero attached hydrogens (tertiary/aromatic N) is 1. The number of hydrogen-bond acceptors (Lipinski definition) is 4. The van der Waals surface area contributed by atoms with Gasteiger partial charge in [0.2, 0.25) is 5.91 Å². The standard InChI is InChI=1S/C22H27N3O3/c1-28-20-9-5-6-17(14-20)16-25-12-10-19(11-13-25)24-21(26)15-23-22(27)18-7-3-2-4-8-18/h2-9,14,19H,10-13,15-16H2,1H3,(H,23,27)(H,24,26). The molecule has 0 unspecified atom stereocenters. The van der Waals surface area contributed by atoms with Gasteiger partial charge in [-0.3, -0.25) is 14.5 Å². The first-order chi connectivity index (χ1) is 13.6. The summed E-state index contributed by atoms with van der Waals surface area (Å²) in [4.78, 5) is 26.5. The Labute approximate surface area is 165 Å². The maximum atomic E-state index is 12.1. The molecule has 0 aliphatic carbocycles. The summed E-state index contributed by atoms with van der Waals surface area (Å²) < 4.78 is 5.28. The van der Waals surface area contributed by atoms with Crippen LogP contribution in [0.25, 0.3) is 0 Å². The van der Waals surface area contributed by atoms with E-state index in [1.54, 1.807) is 31.4 Å². The minimum Gasteiger partial charge on any atom is -0.497 e. The van der Waals surface area contributed by atoms with E-state index in [1.165, 1.54) is 5.56 Å². The zero-order valence-electron chi connectivity index (χ0n) is 16.2. The molecule has 1 aliphatic heterocycles. The summed E-state index contributed by atoms with van der Waals surface area (Å²) in [5.41, 5.74) is 1.78. The van der Waals surface area contributed by atoms with E-state index in [0.717, 1.165) is 38.2 Å². The van der Waals surface area contributed by atoms with E-state index in [-0.39, 0.29) is 24.4 Å². The topological polar surface area (TPSA) is 70.7 Å². The minimum atomic E-state index is -0.233.